The first-order valence-corrected chi connectivity index (χ1v) is 10.9. The van der Waals surface area contributed by atoms with E-state index < -0.39 is 5.97 Å². The molecule has 5 rings (SSSR count). The van der Waals surface area contributed by atoms with Crippen LogP contribution in [0.1, 0.15) is 20.9 Å². The van der Waals surface area contributed by atoms with Crippen LogP contribution < -0.4 is 9.47 Å². The minimum atomic E-state index is -0.913. The van der Waals surface area contributed by atoms with Gasteiger partial charge in [0.1, 0.15) is 29.6 Å². The highest BCUT2D eigenvalue weighted by atomic mass is 32.1. The molecule has 0 aliphatic carbocycles. The SMILES string of the molecule is O=C(O)c1cc2cc(OCc3cccc(OCc4ccc5ccccc5n4)c3)ccc2s1. The standard InChI is InChI=1S/C26H19NO4S/c28-26(29)25-14-19-13-22(10-11-24(19)32-25)30-15-17-4-3-6-21(12-17)31-16-20-9-8-18-5-1-2-7-23(18)27-20/h1-14H,15-16H2,(H,28,29). The van der Waals surface area contributed by atoms with Crippen LogP contribution in [0, 0.1) is 0 Å². The summed E-state index contributed by atoms with van der Waals surface area (Å²) in [6.45, 7) is 0.767. The van der Waals surface area contributed by atoms with Gasteiger partial charge in [0.2, 0.25) is 0 Å². The summed E-state index contributed by atoms with van der Waals surface area (Å²) in [7, 11) is 0. The van der Waals surface area contributed by atoms with Gasteiger partial charge in [0.25, 0.3) is 0 Å². The minimum absolute atomic E-state index is 0.322. The Morgan fingerprint density at radius 2 is 1.66 bits per heavy atom. The number of benzene rings is 3. The maximum atomic E-state index is 11.2. The number of nitrogens with zero attached hydrogens (tertiary/aromatic N) is 1. The highest BCUT2D eigenvalue weighted by Crippen LogP contribution is 2.29. The Kier molecular flexibility index (Phi) is 5.44. The lowest BCUT2D eigenvalue weighted by atomic mass is 10.2. The second kappa shape index (κ2) is 8.69. The van der Waals surface area contributed by atoms with Gasteiger partial charge in [-0.25, -0.2) is 9.78 Å². The van der Waals surface area contributed by atoms with Crippen LogP contribution in [0.15, 0.2) is 84.9 Å². The number of carboxylic acids is 1. The second-order valence-corrected chi connectivity index (χ2v) is 8.42. The van der Waals surface area contributed by atoms with Crippen molar-refractivity contribution in [1.82, 2.24) is 4.98 Å². The van der Waals surface area contributed by atoms with Crippen LogP contribution in [0.2, 0.25) is 0 Å². The Hall–Kier alpha value is -3.90. The molecule has 0 spiro atoms. The molecule has 0 amide bonds. The number of hydrogen-bond donors (Lipinski definition) is 1. The molecule has 0 bridgehead atoms. The fourth-order valence-electron chi connectivity index (χ4n) is 3.45. The third-order valence-electron chi connectivity index (χ3n) is 5.05. The molecule has 0 aliphatic rings. The summed E-state index contributed by atoms with van der Waals surface area (Å²) < 4.78 is 12.8. The van der Waals surface area contributed by atoms with Crippen LogP contribution in [0.25, 0.3) is 21.0 Å². The Balaban J connectivity index is 1.23. The average molecular weight is 442 g/mol. The van der Waals surface area contributed by atoms with E-state index in [1.807, 2.05) is 72.8 Å². The molecular formula is C26H19NO4S. The smallest absolute Gasteiger partial charge is 0.345 e. The Labute approximate surface area is 188 Å². The van der Waals surface area contributed by atoms with E-state index in [0.717, 1.165) is 38.0 Å². The zero-order valence-electron chi connectivity index (χ0n) is 17.0. The molecule has 5 aromatic rings. The van der Waals surface area contributed by atoms with E-state index in [0.29, 0.717) is 23.8 Å². The van der Waals surface area contributed by atoms with Crippen molar-refractivity contribution >= 4 is 38.3 Å². The molecule has 0 radical (unpaired) electrons. The molecule has 0 saturated carbocycles. The Bertz CT molecular complexity index is 1430. The van der Waals surface area contributed by atoms with Crippen LogP contribution in [0.5, 0.6) is 11.5 Å². The molecule has 6 heteroatoms. The first-order chi connectivity index (χ1) is 15.6. The third kappa shape index (κ3) is 4.40. The van der Waals surface area contributed by atoms with Gasteiger partial charge in [0, 0.05) is 10.1 Å². The summed E-state index contributed by atoms with van der Waals surface area (Å²) in [5, 5.41) is 11.1. The molecule has 0 fully saturated rings. The van der Waals surface area contributed by atoms with Gasteiger partial charge in [-0.3, -0.25) is 0 Å². The maximum absolute atomic E-state index is 11.2. The summed E-state index contributed by atoms with van der Waals surface area (Å²) in [4.78, 5) is 16.1. The van der Waals surface area contributed by atoms with Crippen molar-refractivity contribution in [2.24, 2.45) is 0 Å². The maximum Gasteiger partial charge on any atom is 0.345 e. The molecular weight excluding hydrogens is 422 g/mol. The van der Waals surface area contributed by atoms with E-state index in [1.54, 1.807) is 6.07 Å². The molecule has 1 N–H and O–H groups in total. The molecule has 158 valence electrons. The number of fused-ring (bicyclic) bond motifs is 2. The lowest BCUT2D eigenvalue weighted by molar-refractivity contribution is 0.0702. The first-order valence-electron chi connectivity index (χ1n) is 10.1. The fourth-order valence-corrected chi connectivity index (χ4v) is 4.34. The Morgan fingerprint density at radius 3 is 2.56 bits per heavy atom. The van der Waals surface area contributed by atoms with E-state index >= 15 is 0 Å². The summed E-state index contributed by atoms with van der Waals surface area (Å²) >= 11 is 1.26. The number of aromatic carboxylic acids is 1. The summed E-state index contributed by atoms with van der Waals surface area (Å²) in [6.07, 6.45) is 0. The summed E-state index contributed by atoms with van der Waals surface area (Å²) in [5.74, 6) is 0.531. The Morgan fingerprint density at radius 1 is 0.812 bits per heavy atom. The predicted octanol–water partition coefficient (Wildman–Crippen LogP) is 6.31. The lowest BCUT2D eigenvalue weighted by Gasteiger charge is -2.10. The fraction of sp³-hybridized carbons (Fsp3) is 0.0769. The zero-order chi connectivity index (χ0) is 21.9. The van der Waals surface area contributed by atoms with Gasteiger partial charge >= 0.3 is 5.97 Å². The molecule has 5 nitrogen and oxygen atoms in total. The lowest BCUT2D eigenvalue weighted by Crippen LogP contribution is -2.00. The number of carboxylic acid groups (broad SMARTS) is 1. The number of aromatic nitrogens is 1. The average Bonchev–Trinajstić information content (AvgIpc) is 3.25. The van der Waals surface area contributed by atoms with E-state index in [2.05, 4.69) is 11.1 Å². The third-order valence-corrected chi connectivity index (χ3v) is 6.15. The minimum Gasteiger partial charge on any atom is -0.489 e. The number of hydrogen-bond acceptors (Lipinski definition) is 5. The number of pyridine rings is 1. The van der Waals surface area contributed by atoms with Gasteiger partial charge in [-0.05, 0) is 59.5 Å². The van der Waals surface area contributed by atoms with Crippen molar-refractivity contribution in [3.05, 3.63) is 101 Å². The number of carbonyl (C=O) groups is 1. The van der Waals surface area contributed by atoms with Gasteiger partial charge in [0.15, 0.2) is 0 Å². The van der Waals surface area contributed by atoms with Crippen molar-refractivity contribution in [2.75, 3.05) is 0 Å². The van der Waals surface area contributed by atoms with Crippen molar-refractivity contribution in [3.63, 3.8) is 0 Å². The van der Waals surface area contributed by atoms with Crippen molar-refractivity contribution in [3.8, 4) is 11.5 Å². The number of rotatable bonds is 7. The summed E-state index contributed by atoms with van der Waals surface area (Å²) in [6, 6.07) is 27.1. The van der Waals surface area contributed by atoms with Crippen LogP contribution in [-0.4, -0.2) is 16.1 Å². The highest BCUT2D eigenvalue weighted by molar-refractivity contribution is 7.20. The van der Waals surface area contributed by atoms with Crippen molar-refractivity contribution < 1.29 is 19.4 Å². The van der Waals surface area contributed by atoms with E-state index in [9.17, 15) is 4.79 Å². The second-order valence-electron chi connectivity index (χ2n) is 7.34. The van der Waals surface area contributed by atoms with Crippen LogP contribution in [0.4, 0.5) is 0 Å². The monoisotopic (exact) mass is 441 g/mol. The van der Waals surface area contributed by atoms with Crippen molar-refractivity contribution in [2.45, 2.75) is 13.2 Å². The molecule has 0 aliphatic heterocycles. The molecule has 0 unspecified atom stereocenters. The van der Waals surface area contributed by atoms with Gasteiger partial charge in [-0.15, -0.1) is 11.3 Å². The molecule has 3 aromatic carbocycles. The summed E-state index contributed by atoms with van der Waals surface area (Å²) in [5.41, 5.74) is 2.80. The molecule has 2 aromatic heterocycles. The van der Waals surface area contributed by atoms with Gasteiger partial charge in [-0.1, -0.05) is 36.4 Å². The molecule has 0 atom stereocenters. The normalized spacial score (nSPS) is 11.0. The van der Waals surface area contributed by atoms with Crippen LogP contribution in [0.3, 0.4) is 0 Å². The van der Waals surface area contributed by atoms with Crippen molar-refractivity contribution in [1.29, 1.82) is 0 Å². The number of ether oxygens (including phenoxy) is 2. The highest BCUT2D eigenvalue weighted by Gasteiger charge is 2.09. The van der Waals surface area contributed by atoms with Gasteiger partial charge in [0.05, 0.1) is 11.2 Å². The van der Waals surface area contributed by atoms with Crippen LogP contribution in [-0.2, 0) is 13.2 Å². The van der Waals surface area contributed by atoms with E-state index in [1.165, 1.54) is 11.3 Å². The van der Waals surface area contributed by atoms with Crippen LogP contribution >= 0.6 is 11.3 Å². The van der Waals surface area contributed by atoms with E-state index in [4.69, 9.17) is 14.6 Å². The number of thiophene rings is 1. The predicted molar refractivity (Wildman–Crippen MR) is 126 cm³/mol. The quantitative estimate of drug-likeness (QED) is 0.321. The largest absolute Gasteiger partial charge is 0.489 e. The van der Waals surface area contributed by atoms with Gasteiger partial charge < -0.3 is 14.6 Å². The topological polar surface area (TPSA) is 68.7 Å². The molecule has 2 heterocycles. The zero-order valence-corrected chi connectivity index (χ0v) is 17.8. The molecule has 32 heavy (non-hydrogen) atoms. The van der Waals surface area contributed by atoms with Gasteiger partial charge in [-0.2, -0.15) is 0 Å². The van der Waals surface area contributed by atoms with E-state index in [-0.39, 0.29) is 0 Å². The first kappa shape index (κ1) is 20.0. The number of para-hydroxylation sites is 1. The molecule has 0 saturated heterocycles.